The van der Waals surface area contributed by atoms with Crippen molar-refractivity contribution < 1.29 is 19.1 Å². The average molecular weight is 384 g/mol. The van der Waals surface area contributed by atoms with Crippen molar-refractivity contribution in [3.63, 3.8) is 0 Å². The molecule has 0 aromatic heterocycles. The quantitative estimate of drug-likeness (QED) is 0.848. The second-order valence-corrected chi connectivity index (χ2v) is 6.41. The number of carbonyl (C=O) groups excluding carboxylic acids is 2. The van der Waals surface area contributed by atoms with Gasteiger partial charge in [-0.05, 0) is 13.0 Å². The molecular formula is C18H26ClN3O4. The second kappa shape index (κ2) is 9.09. The Hall–Kier alpha value is -1.99. The first-order chi connectivity index (χ1) is 12.1. The summed E-state index contributed by atoms with van der Waals surface area (Å²) in [6.07, 6.45) is 1.20. The molecule has 144 valence electrons. The first-order valence-electron chi connectivity index (χ1n) is 8.65. The number of rotatable bonds is 4. The molecule has 2 aliphatic heterocycles. The lowest BCUT2D eigenvalue weighted by Crippen LogP contribution is -2.39. The van der Waals surface area contributed by atoms with Crippen molar-refractivity contribution in [2.75, 3.05) is 51.8 Å². The Bertz CT molecular complexity index is 625. The van der Waals surface area contributed by atoms with Crippen molar-refractivity contribution in [1.29, 1.82) is 0 Å². The summed E-state index contributed by atoms with van der Waals surface area (Å²) in [5.41, 5.74) is 0.703. The molecule has 2 aliphatic rings. The first kappa shape index (κ1) is 20.3. The van der Waals surface area contributed by atoms with Gasteiger partial charge in [0.05, 0.1) is 25.8 Å². The molecule has 2 amide bonds. The molecule has 1 unspecified atom stereocenters. The Kier molecular flexibility index (Phi) is 7.11. The summed E-state index contributed by atoms with van der Waals surface area (Å²) in [6.45, 7) is 3.60. The molecular weight excluding hydrogens is 358 g/mol. The van der Waals surface area contributed by atoms with Crippen molar-refractivity contribution in [1.82, 2.24) is 10.2 Å². The minimum atomic E-state index is -0.289. The van der Waals surface area contributed by atoms with E-state index in [0.717, 1.165) is 26.1 Å². The maximum absolute atomic E-state index is 12.8. The molecule has 2 saturated heterocycles. The fourth-order valence-electron chi connectivity index (χ4n) is 3.40. The monoisotopic (exact) mass is 383 g/mol. The number of carbonyl (C=O) groups is 2. The molecule has 1 atom stereocenters. The second-order valence-electron chi connectivity index (χ2n) is 6.41. The number of nitrogens with one attached hydrogen (secondary N) is 1. The number of halogens is 1. The van der Waals surface area contributed by atoms with Gasteiger partial charge in [0.25, 0.3) is 0 Å². The molecule has 1 aromatic rings. The lowest BCUT2D eigenvalue weighted by Gasteiger charge is -2.24. The van der Waals surface area contributed by atoms with Gasteiger partial charge in [0, 0.05) is 50.8 Å². The van der Waals surface area contributed by atoms with Gasteiger partial charge in [0.1, 0.15) is 11.5 Å². The van der Waals surface area contributed by atoms with Gasteiger partial charge < -0.3 is 24.6 Å². The Morgan fingerprint density at radius 3 is 2.46 bits per heavy atom. The highest BCUT2D eigenvalue weighted by Crippen LogP contribution is 2.32. The highest BCUT2D eigenvalue weighted by atomic mass is 35.5. The van der Waals surface area contributed by atoms with E-state index >= 15 is 0 Å². The van der Waals surface area contributed by atoms with Crippen molar-refractivity contribution in [2.45, 2.75) is 12.8 Å². The molecule has 0 radical (unpaired) electrons. The van der Waals surface area contributed by atoms with Crippen LogP contribution < -0.4 is 19.7 Å². The van der Waals surface area contributed by atoms with Crippen LogP contribution in [0.1, 0.15) is 12.8 Å². The van der Waals surface area contributed by atoms with Crippen LogP contribution in [0, 0.1) is 5.92 Å². The highest BCUT2D eigenvalue weighted by Gasteiger charge is 2.37. The molecule has 26 heavy (non-hydrogen) atoms. The Labute approximate surface area is 160 Å². The molecule has 0 bridgehead atoms. The van der Waals surface area contributed by atoms with E-state index in [4.69, 9.17) is 9.47 Å². The molecule has 0 spiro atoms. The van der Waals surface area contributed by atoms with Gasteiger partial charge in [-0.3, -0.25) is 9.59 Å². The molecule has 1 aromatic carbocycles. The summed E-state index contributed by atoms with van der Waals surface area (Å²) in [5.74, 6) is 0.991. The fraction of sp³-hybridized carbons (Fsp3) is 0.556. The van der Waals surface area contributed by atoms with Crippen LogP contribution in [0.2, 0.25) is 0 Å². The number of benzene rings is 1. The first-order valence-corrected chi connectivity index (χ1v) is 8.65. The topological polar surface area (TPSA) is 71.1 Å². The van der Waals surface area contributed by atoms with E-state index < -0.39 is 0 Å². The van der Waals surface area contributed by atoms with Crippen LogP contribution in [0.15, 0.2) is 18.2 Å². The van der Waals surface area contributed by atoms with Crippen molar-refractivity contribution >= 4 is 29.9 Å². The average Bonchev–Trinajstić information content (AvgIpc) is 2.85. The lowest BCUT2D eigenvalue weighted by atomic mass is 10.1. The van der Waals surface area contributed by atoms with E-state index in [2.05, 4.69) is 5.32 Å². The van der Waals surface area contributed by atoms with E-state index in [1.807, 2.05) is 4.90 Å². The Morgan fingerprint density at radius 1 is 1.12 bits per heavy atom. The molecule has 2 heterocycles. The van der Waals surface area contributed by atoms with Gasteiger partial charge in [-0.25, -0.2) is 0 Å². The smallest absolute Gasteiger partial charge is 0.228 e. The van der Waals surface area contributed by atoms with Crippen LogP contribution in [0.3, 0.4) is 0 Å². The number of hydrogen-bond donors (Lipinski definition) is 1. The number of hydrogen-bond acceptors (Lipinski definition) is 5. The minimum absolute atomic E-state index is 0. The molecule has 0 aliphatic carbocycles. The van der Waals surface area contributed by atoms with Crippen LogP contribution in [0.4, 0.5) is 5.69 Å². The van der Waals surface area contributed by atoms with Gasteiger partial charge in [-0.15, -0.1) is 12.4 Å². The lowest BCUT2D eigenvalue weighted by molar-refractivity contribution is -0.135. The predicted octanol–water partition coefficient (Wildman–Crippen LogP) is 1.30. The SMILES string of the molecule is COc1cc(OC)cc(N2CC(C(=O)N3CCCNCC3)CC2=O)c1.Cl. The Balaban J connectivity index is 0.00000243. The van der Waals surface area contributed by atoms with Crippen LogP contribution >= 0.6 is 12.4 Å². The van der Waals surface area contributed by atoms with Crippen LogP contribution in [0.25, 0.3) is 0 Å². The van der Waals surface area contributed by atoms with Gasteiger partial charge in [-0.2, -0.15) is 0 Å². The van der Waals surface area contributed by atoms with E-state index in [1.165, 1.54) is 0 Å². The third kappa shape index (κ3) is 4.40. The van der Waals surface area contributed by atoms with Crippen LogP contribution in [-0.2, 0) is 9.59 Å². The van der Waals surface area contributed by atoms with Crippen LogP contribution in [0.5, 0.6) is 11.5 Å². The standard InChI is InChI=1S/C18H25N3O4.ClH/c1-24-15-9-14(10-16(11-15)25-2)21-12-13(8-17(21)22)18(23)20-6-3-4-19-5-7-20;/h9-11,13,19H,3-8,12H2,1-2H3;1H. The number of nitrogens with zero attached hydrogens (tertiary/aromatic N) is 2. The summed E-state index contributed by atoms with van der Waals surface area (Å²) in [6, 6.07) is 5.35. The van der Waals surface area contributed by atoms with E-state index in [1.54, 1.807) is 37.3 Å². The third-order valence-corrected chi connectivity index (χ3v) is 4.77. The van der Waals surface area contributed by atoms with Gasteiger partial charge in [0.2, 0.25) is 11.8 Å². The zero-order chi connectivity index (χ0) is 17.8. The van der Waals surface area contributed by atoms with E-state index in [0.29, 0.717) is 30.3 Å². The maximum Gasteiger partial charge on any atom is 0.228 e. The molecule has 0 saturated carbocycles. The van der Waals surface area contributed by atoms with Crippen molar-refractivity contribution in [2.24, 2.45) is 5.92 Å². The zero-order valence-corrected chi connectivity index (χ0v) is 16.0. The summed E-state index contributed by atoms with van der Waals surface area (Å²) < 4.78 is 10.6. The third-order valence-electron chi connectivity index (χ3n) is 4.77. The number of ether oxygens (including phenoxy) is 2. The minimum Gasteiger partial charge on any atom is -0.497 e. The summed E-state index contributed by atoms with van der Waals surface area (Å²) in [4.78, 5) is 28.8. The van der Waals surface area contributed by atoms with Crippen molar-refractivity contribution in [3.05, 3.63) is 18.2 Å². The summed E-state index contributed by atoms with van der Waals surface area (Å²) >= 11 is 0. The maximum atomic E-state index is 12.8. The summed E-state index contributed by atoms with van der Waals surface area (Å²) in [5, 5.41) is 3.29. The molecule has 2 fully saturated rings. The summed E-state index contributed by atoms with van der Waals surface area (Å²) in [7, 11) is 3.15. The van der Waals surface area contributed by atoms with Gasteiger partial charge in [-0.1, -0.05) is 0 Å². The normalized spacial score (nSPS) is 20.4. The van der Waals surface area contributed by atoms with Gasteiger partial charge >= 0.3 is 0 Å². The number of amides is 2. The van der Waals surface area contributed by atoms with Gasteiger partial charge in [0.15, 0.2) is 0 Å². The number of anilines is 1. The largest absolute Gasteiger partial charge is 0.497 e. The van der Waals surface area contributed by atoms with Crippen molar-refractivity contribution in [3.8, 4) is 11.5 Å². The molecule has 1 N–H and O–H groups in total. The fourth-order valence-corrected chi connectivity index (χ4v) is 3.40. The Morgan fingerprint density at radius 2 is 1.81 bits per heavy atom. The van der Waals surface area contributed by atoms with E-state index in [9.17, 15) is 9.59 Å². The van der Waals surface area contributed by atoms with E-state index in [-0.39, 0.29) is 36.6 Å². The molecule has 7 nitrogen and oxygen atoms in total. The highest BCUT2D eigenvalue weighted by molar-refractivity contribution is 6.00. The zero-order valence-electron chi connectivity index (χ0n) is 15.2. The van der Waals surface area contributed by atoms with Crippen LogP contribution in [-0.4, -0.2) is 63.7 Å². The molecule has 3 rings (SSSR count). The number of methoxy groups -OCH3 is 2. The predicted molar refractivity (Wildman–Crippen MR) is 101 cm³/mol. The molecule has 8 heteroatoms.